The van der Waals surface area contributed by atoms with Gasteiger partial charge < -0.3 is 24.4 Å². The fraction of sp³-hybridized carbons (Fsp3) is 0.741. The van der Waals surface area contributed by atoms with E-state index in [1.165, 1.54) is 0 Å². The molecule has 1 N–H and O–H groups in total. The molecule has 4 aliphatic heterocycles. The van der Waals surface area contributed by atoms with Crippen molar-refractivity contribution in [1.29, 1.82) is 0 Å². The van der Waals surface area contributed by atoms with E-state index in [-0.39, 0.29) is 24.5 Å². The van der Waals surface area contributed by atoms with Crippen LogP contribution in [-0.2, 0) is 23.9 Å². The number of amides is 2. The number of likely N-dealkylation sites (tertiary alicyclic amines) is 1. The van der Waals surface area contributed by atoms with E-state index in [0.717, 1.165) is 38.5 Å². The molecule has 5 atom stereocenters. The molecule has 0 radical (unpaired) electrons. The molecular weight excluding hydrogens is 448 g/mol. The summed E-state index contributed by atoms with van der Waals surface area (Å²) in [6, 6.07) is -0.856. The van der Waals surface area contributed by atoms with Crippen LogP contribution in [0.3, 0.4) is 0 Å². The van der Waals surface area contributed by atoms with Crippen LogP contribution in [0.25, 0.3) is 0 Å². The van der Waals surface area contributed by atoms with Crippen LogP contribution in [-0.4, -0.2) is 82.3 Å². The van der Waals surface area contributed by atoms with E-state index in [0.29, 0.717) is 26.1 Å². The van der Waals surface area contributed by atoms with Gasteiger partial charge in [-0.15, -0.1) is 0 Å². The molecule has 8 nitrogen and oxygen atoms in total. The van der Waals surface area contributed by atoms with Crippen molar-refractivity contribution in [2.45, 2.75) is 89.0 Å². The highest BCUT2D eigenvalue weighted by atomic mass is 16.6. The molecule has 1 spiro atoms. The SMILES string of the molecule is CC[C@]12/C=C\CCCOC(=O)[C@H]1[C@H]1C(=O)N(CCCCCCO)C3C(=O)N(C(C)C)CC=C[C@@]31O2. The summed E-state index contributed by atoms with van der Waals surface area (Å²) < 4.78 is 12.5. The molecule has 8 heteroatoms. The second kappa shape index (κ2) is 10.4. The van der Waals surface area contributed by atoms with Gasteiger partial charge in [-0.25, -0.2) is 0 Å². The Kier molecular flexibility index (Phi) is 7.71. The number of carbonyl (C=O) groups excluding carboxylic acids is 3. The molecule has 0 aromatic heterocycles. The summed E-state index contributed by atoms with van der Waals surface area (Å²) in [6.45, 7) is 7.21. The van der Waals surface area contributed by atoms with Crippen molar-refractivity contribution in [2.75, 3.05) is 26.3 Å². The minimum absolute atomic E-state index is 0.0357. The van der Waals surface area contributed by atoms with E-state index in [4.69, 9.17) is 14.6 Å². The van der Waals surface area contributed by atoms with Crippen LogP contribution in [0.1, 0.15) is 65.7 Å². The highest BCUT2D eigenvalue weighted by Crippen LogP contribution is 2.58. The fourth-order valence-corrected chi connectivity index (χ4v) is 6.34. The zero-order chi connectivity index (χ0) is 25.2. The molecule has 0 aromatic carbocycles. The van der Waals surface area contributed by atoms with Crippen LogP contribution < -0.4 is 0 Å². The van der Waals surface area contributed by atoms with E-state index in [1.54, 1.807) is 9.80 Å². The quantitative estimate of drug-likeness (QED) is 0.321. The van der Waals surface area contributed by atoms with Crippen LogP contribution in [0, 0.1) is 11.8 Å². The first-order valence-electron chi connectivity index (χ1n) is 13.3. The Balaban J connectivity index is 1.78. The number of ether oxygens (including phenoxy) is 2. The molecule has 0 saturated carbocycles. The maximum absolute atomic E-state index is 14.1. The molecule has 4 heterocycles. The largest absolute Gasteiger partial charge is 0.465 e. The number of unbranched alkanes of at least 4 members (excludes halogenated alkanes) is 3. The Morgan fingerprint density at radius 3 is 2.54 bits per heavy atom. The van der Waals surface area contributed by atoms with Gasteiger partial charge in [0.1, 0.15) is 23.2 Å². The molecule has 4 rings (SSSR count). The summed E-state index contributed by atoms with van der Waals surface area (Å²) in [4.78, 5) is 45.0. The minimum Gasteiger partial charge on any atom is -0.465 e. The first-order chi connectivity index (χ1) is 16.8. The van der Waals surface area contributed by atoms with Gasteiger partial charge in [0.25, 0.3) is 0 Å². The molecule has 4 aliphatic rings. The molecule has 35 heavy (non-hydrogen) atoms. The third-order valence-electron chi connectivity index (χ3n) is 8.09. The van der Waals surface area contributed by atoms with Gasteiger partial charge in [0, 0.05) is 25.7 Å². The number of aliphatic hydroxyl groups excluding tert-OH is 1. The van der Waals surface area contributed by atoms with E-state index >= 15 is 0 Å². The summed E-state index contributed by atoms with van der Waals surface area (Å²) in [5.41, 5.74) is -2.21. The summed E-state index contributed by atoms with van der Waals surface area (Å²) in [7, 11) is 0. The maximum Gasteiger partial charge on any atom is 0.313 e. The van der Waals surface area contributed by atoms with Gasteiger partial charge >= 0.3 is 5.97 Å². The van der Waals surface area contributed by atoms with Crippen molar-refractivity contribution in [2.24, 2.45) is 11.8 Å². The third-order valence-corrected chi connectivity index (χ3v) is 8.09. The Morgan fingerprint density at radius 2 is 1.83 bits per heavy atom. The van der Waals surface area contributed by atoms with Crippen molar-refractivity contribution in [3.8, 4) is 0 Å². The molecule has 2 saturated heterocycles. The fourth-order valence-electron chi connectivity index (χ4n) is 6.34. The van der Waals surface area contributed by atoms with E-state index in [2.05, 4.69) is 0 Å². The normalized spacial score (nSPS) is 35.7. The number of esters is 1. The lowest BCUT2D eigenvalue weighted by molar-refractivity contribution is -0.161. The number of nitrogens with zero attached hydrogens (tertiary/aromatic N) is 2. The Hall–Kier alpha value is -2.19. The van der Waals surface area contributed by atoms with Crippen LogP contribution in [0.2, 0.25) is 0 Å². The van der Waals surface area contributed by atoms with Crippen LogP contribution in [0.5, 0.6) is 0 Å². The zero-order valence-corrected chi connectivity index (χ0v) is 21.3. The summed E-state index contributed by atoms with van der Waals surface area (Å²) in [6.07, 6.45) is 12.9. The Morgan fingerprint density at radius 1 is 1.06 bits per heavy atom. The second-order valence-corrected chi connectivity index (χ2v) is 10.5. The number of rotatable bonds is 8. The predicted octanol–water partition coefficient (Wildman–Crippen LogP) is 2.60. The number of hydrogen-bond donors (Lipinski definition) is 1. The van der Waals surface area contributed by atoms with Gasteiger partial charge in [0.15, 0.2) is 0 Å². The van der Waals surface area contributed by atoms with Gasteiger partial charge in [-0.1, -0.05) is 44.1 Å². The highest BCUT2D eigenvalue weighted by molar-refractivity contribution is 5.99. The number of allylic oxidation sites excluding steroid dienone is 1. The number of cyclic esters (lactones) is 1. The average Bonchev–Trinajstić information content (AvgIpc) is 3.20. The van der Waals surface area contributed by atoms with E-state index in [1.807, 2.05) is 45.1 Å². The van der Waals surface area contributed by atoms with E-state index in [9.17, 15) is 14.4 Å². The van der Waals surface area contributed by atoms with Gasteiger partial charge in [-0.3, -0.25) is 14.4 Å². The van der Waals surface area contributed by atoms with Crippen molar-refractivity contribution in [3.05, 3.63) is 24.3 Å². The molecule has 1 unspecified atom stereocenters. The number of carbonyl (C=O) groups is 3. The molecule has 0 aliphatic carbocycles. The maximum atomic E-state index is 14.1. The molecule has 194 valence electrons. The zero-order valence-electron chi connectivity index (χ0n) is 21.3. The molecule has 0 aromatic rings. The first-order valence-corrected chi connectivity index (χ1v) is 13.3. The Labute approximate surface area is 208 Å². The van der Waals surface area contributed by atoms with Gasteiger partial charge in [-0.05, 0) is 46.0 Å². The predicted molar refractivity (Wildman–Crippen MR) is 130 cm³/mol. The average molecular weight is 489 g/mol. The van der Waals surface area contributed by atoms with E-state index < -0.39 is 35.0 Å². The lowest BCUT2D eigenvalue weighted by atomic mass is 9.73. The smallest absolute Gasteiger partial charge is 0.313 e. The monoisotopic (exact) mass is 488 g/mol. The van der Waals surface area contributed by atoms with Gasteiger partial charge in [0.05, 0.1) is 12.5 Å². The molecule has 2 fully saturated rings. The lowest BCUT2D eigenvalue weighted by Gasteiger charge is -2.39. The highest BCUT2D eigenvalue weighted by Gasteiger charge is 2.75. The summed E-state index contributed by atoms with van der Waals surface area (Å²) in [5, 5.41) is 9.09. The van der Waals surface area contributed by atoms with Crippen LogP contribution >= 0.6 is 0 Å². The summed E-state index contributed by atoms with van der Waals surface area (Å²) >= 11 is 0. The standard InChI is InChI=1S/C27H40N2O6/c1-4-26-13-8-7-11-18-34-25(33)21(26)20-23(31)29(15-9-5-6-10-17-30)22-24(32)28(19(2)3)16-12-14-27(20,22)35-26/h8,12-14,19-22,30H,4-7,9-11,15-18H2,1-3H3/b13-8-/t20-,21+,22?,26-,27-/m0/s1. The number of aliphatic hydroxyl groups is 1. The van der Waals surface area contributed by atoms with Crippen molar-refractivity contribution in [1.82, 2.24) is 9.80 Å². The molecular formula is C27H40N2O6. The van der Waals surface area contributed by atoms with Gasteiger partial charge in [-0.2, -0.15) is 0 Å². The van der Waals surface area contributed by atoms with Crippen molar-refractivity contribution >= 4 is 17.8 Å². The number of hydrogen-bond acceptors (Lipinski definition) is 6. The van der Waals surface area contributed by atoms with Crippen LogP contribution in [0.4, 0.5) is 0 Å². The number of fused-ring (bicyclic) bond motifs is 2. The lowest BCUT2D eigenvalue weighted by Crippen LogP contribution is -2.57. The molecule has 0 bridgehead atoms. The third kappa shape index (κ3) is 4.33. The van der Waals surface area contributed by atoms with Gasteiger partial charge in [0.2, 0.25) is 11.8 Å². The van der Waals surface area contributed by atoms with Crippen molar-refractivity contribution < 1.29 is 29.0 Å². The molecule has 2 amide bonds. The second-order valence-electron chi connectivity index (χ2n) is 10.5. The van der Waals surface area contributed by atoms with Crippen molar-refractivity contribution in [3.63, 3.8) is 0 Å². The Bertz CT molecular complexity index is 885. The van der Waals surface area contributed by atoms with Crippen LogP contribution in [0.15, 0.2) is 24.3 Å². The first kappa shape index (κ1) is 25.9. The topological polar surface area (TPSA) is 96.4 Å². The summed E-state index contributed by atoms with van der Waals surface area (Å²) in [5.74, 6) is -2.37. The minimum atomic E-state index is -1.22.